The number of hydrogen-bond acceptors (Lipinski definition) is 12. The summed E-state index contributed by atoms with van der Waals surface area (Å²) >= 11 is 1.84. The Morgan fingerprint density at radius 3 is 2.40 bits per heavy atom. The van der Waals surface area contributed by atoms with Crippen LogP contribution < -0.4 is 16.0 Å². The van der Waals surface area contributed by atoms with Crippen molar-refractivity contribution in [1.82, 2.24) is 19.7 Å². The van der Waals surface area contributed by atoms with Crippen molar-refractivity contribution in [2.45, 2.75) is 43.0 Å². The van der Waals surface area contributed by atoms with Gasteiger partial charge in [-0.25, -0.2) is 32.8 Å². The number of anilines is 1. The van der Waals surface area contributed by atoms with E-state index >= 15 is 0 Å². The van der Waals surface area contributed by atoms with Crippen LogP contribution in [0.2, 0.25) is 0 Å². The largest absolute Gasteiger partial charge is 0.462 e. The summed E-state index contributed by atoms with van der Waals surface area (Å²) in [6.07, 6.45) is 1.32. The van der Waals surface area contributed by atoms with Gasteiger partial charge in [0.05, 0.1) is 40.8 Å². The Bertz CT molecular complexity index is 1840. The Labute approximate surface area is 247 Å². The maximum absolute atomic E-state index is 13.2. The highest BCUT2D eigenvalue weighted by Gasteiger charge is 2.29. The lowest BCUT2D eigenvalue weighted by Crippen LogP contribution is -2.24. The van der Waals surface area contributed by atoms with Crippen LogP contribution >= 0.6 is 23.1 Å². The van der Waals surface area contributed by atoms with Crippen molar-refractivity contribution in [1.29, 1.82) is 0 Å². The van der Waals surface area contributed by atoms with Crippen LogP contribution in [0.3, 0.4) is 0 Å². The summed E-state index contributed by atoms with van der Waals surface area (Å²) in [6.45, 7) is 6.66. The number of primary sulfonamides is 1. The molecule has 4 N–H and O–H groups in total. The molecule has 0 radical (unpaired) electrons. The predicted octanol–water partition coefficient (Wildman–Crippen LogP) is 2.60. The lowest BCUT2D eigenvalue weighted by molar-refractivity contribution is -0.115. The molecule has 1 aromatic carbocycles. The van der Waals surface area contributed by atoms with E-state index in [2.05, 4.69) is 20.4 Å². The molecule has 0 bridgehead atoms. The van der Waals surface area contributed by atoms with Gasteiger partial charge in [0.2, 0.25) is 15.9 Å². The Morgan fingerprint density at radius 1 is 1.14 bits per heavy atom. The summed E-state index contributed by atoms with van der Waals surface area (Å²) in [6, 6.07) is 5.54. The highest BCUT2D eigenvalue weighted by atomic mass is 32.2. The lowest BCUT2D eigenvalue weighted by atomic mass is 10.1. The first-order chi connectivity index (χ1) is 19.8. The van der Waals surface area contributed by atoms with Crippen LogP contribution in [-0.4, -0.2) is 64.5 Å². The van der Waals surface area contributed by atoms with Gasteiger partial charge in [-0.3, -0.25) is 9.59 Å². The first kappa shape index (κ1) is 30.9. The van der Waals surface area contributed by atoms with Gasteiger partial charge in [-0.05, 0) is 57.5 Å². The first-order valence-corrected chi connectivity index (χ1v) is 15.7. The standard InChI is InChI=1S/C25H26N6O8S3/c1-5-38-23(34)17-12(3)18(24(35)39-6-2)41-22(17)29-20(32)13(4)40-25-28-19-16(21(33)30-25)11-27-31(19)14-7-9-15(10-8-14)42(26,36)37/h7-11,13H,5-6H2,1-4H3,(H,29,32)(H2,26,36,37)(H,28,30,33). The molecule has 1 atom stereocenters. The summed E-state index contributed by atoms with van der Waals surface area (Å²) < 4.78 is 34.7. The van der Waals surface area contributed by atoms with Crippen molar-refractivity contribution in [3.8, 4) is 5.69 Å². The molecule has 0 fully saturated rings. The van der Waals surface area contributed by atoms with Gasteiger partial charge in [0, 0.05) is 0 Å². The number of ether oxygens (including phenoxy) is 2. The molecular formula is C25H26N6O8S3. The van der Waals surface area contributed by atoms with Crippen LogP contribution in [0.5, 0.6) is 0 Å². The summed E-state index contributed by atoms with van der Waals surface area (Å²) in [5.41, 5.74) is 0.485. The van der Waals surface area contributed by atoms with Crippen LogP contribution in [0.15, 0.2) is 45.3 Å². The molecule has 0 saturated carbocycles. The Kier molecular flexibility index (Phi) is 9.15. The summed E-state index contributed by atoms with van der Waals surface area (Å²) in [4.78, 5) is 58.2. The third-order valence-electron chi connectivity index (χ3n) is 5.81. The number of fused-ring (bicyclic) bond motifs is 1. The van der Waals surface area contributed by atoms with Crippen LogP contribution in [-0.2, 0) is 24.3 Å². The van der Waals surface area contributed by atoms with Gasteiger partial charge in [-0.15, -0.1) is 11.3 Å². The van der Waals surface area contributed by atoms with E-state index in [0.29, 0.717) is 11.3 Å². The van der Waals surface area contributed by atoms with E-state index in [1.165, 1.54) is 35.1 Å². The van der Waals surface area contributed by atoms with Gasteiger partial charge in [-0.1, -0.05) is 11.8 Å². The molecule has 0 saturated heterocycles. The maximum atomic E-state index is 13.2. The molecule has 3 aromatic heterocycles. The average molecular weight is 635 g/mol. The molecule has 1 unspecified atom stereocenters. The zero-order chi connectivity index (χ0) is 30.8. The Hall–Kier alpha value is -4.06. The van der Waals surface area contributed by atoms with E-state index in [9.17, 15) is 27.6 Å². The third kappa shape index (κ3) is 6.38. The highest BCUT2D eigenvalue weighted by molar-refractivity contribution is 8.00. The molecule has 222 valence electrons. The molecule has 42 heavy (non-hydrogen) atoms. The van der Waals surface area contributed by atoms with Crippen molar-refractivity contribution in [2.75, 3.05) is 18.5 Å². The first-order valence-electron chi connectivity index (χ1n) is 12.4. The summed E-state index contributed by atoms with van der Waals surface area (Å²) in [5.74, 6) is -1.85. The van der Waals surface area contributed by atoms with Crippen molar-refractivity contribution < 1.29 is 32.3 Å². The average Bonchev–Trinajstić information content (AvgIpc) is 3.49. The number of nitrogens with one attached hydrogen (secondary N) is 2. The van der Waals surface area contributed by atoms with Crippen molar-refractivity contribution >= 4 is 67.0 Å². The number of thiophene rings is 1. The number of esters is 2. The zero-order valence-corrected chi connectivity index (χ0v) is 25.2. The van der Waals surface area contributed by atoms with Gasteiger partial charge in [0.25, 0.3) is 5.56 Å². The molecule has 0 aliphatic carbocycles. The number of hydrogen-bond donors (Lipinski definition) is 3. The van der Waals surface area contributed by atoms with E-state index in [1.54, 1.807) is 27.7 Å². The van der Waals surface area contributed by atoms with E-state index in [1.807, 2.05) is 0 Å². The molecule has 0 spiro atoms. The van der Waals surface area contributed by atoms with Gasteiger partial charge < -0.3 is 19.8 Å². The number of aromatic amines is 1. The molecule has 4 rings (SSSR count). The van der Waals surface area contributed by atoms with Crippen LogP contribution in [0.4, 0.5) is 5.00 Å². The fourth-order valence-electron chi connectivity index (χ4n) is 3.80. The summed E-state index contributed by atoms with van der Waals surface area (Å²) in [5, 5.41) is 11.6. The predicted molar refractivity (Wildman–Crippen MR) is 156 cm³/mol. The van der Waals surface area contributed by atoms with E-state index < -0.39 is 38.7 Å². The maximum Gasteiger partial charge on any atom is 0.348 e. The highest BCUT2D eigenvalue weighted by Crippen LogP contribution is 2.35. The molecule has 1 amide bonds. The van der Waals surface area contributed by atoms with Crippen molar-refractivity contribution in [3.63, 3.8) is 0 Å². The number of nitrogens with zero attached hydrogens (tertiary/aromatic N) is 3. The number of amides is 1. The minimum absolute atomic E-state index is 0.0563. The SMILES string of the molecule is CCOC(=O)c1sc(NC(=O)C(C)Sc2nc3c(cnn3-c3ccc(S(N)(=O)=O)cc3)c(=O)[nH]2)c(C(=O)OCC)c1C. The molecule has 4 aromatic rings. The molecule has 3 heterocycles. The monoisotopic (exact) mass is 634 g/mol. The van der Waals surface area contributed by atoms with Crippen molar-refractivity contribution in [3.05, 3.63) is 56.8 Å². The fraction of sp³-hybridized carbons (Fsp3) is 0.280. The quantitative estimate of drug-likeness (QED) is 0.131. The number of carbonyl (C=O) groups is 3. The third-order valence-corrected chi connectivity index (χ3v) is 8.91. The lowest BCUT2D eigenvalue weighted by Gasteiger charge is -2.12. The second kappa shape index (κ2) is 12.4. The van der Waals surface area contributed by atoms with Gasteiger partial charge in [0.1, 0.15) is 15.3 Å². The molecule has 0 aliphatic rings. The van der Waals surface area contributed by atoms with E-state index in [-0.39, 0.29) is 49.7 Å². The second-order valence-electron chi connectivity index (χ2n) is 8.65. The van der Waals surface area contributed by atoms with Gasteiger partial charge >= 0.3 is 11.9 Å². The molecule has 14 nitrogen and oxygen atoms in total. The van der Waals surface area contributed by atoms with Crippen LogP contribution in [0, 0.1) is 6.92 Å². The van der Waals surface area contributed by atoms with Crippen LogP contribution in [0.1, 0.15) is 46.4 Å². The number of benzene rings is 1. The molecule has 0 aliphatic heterocycles. The van der Waals surface area contributed by atoms with E-state index in [0.717, 1.165) is 23.1 Å². The summed E-state index contributed by atoms with van der Waals surface area (Å²) in [7, 11) is -3.90. The number of sulfonamides is 1. The minimum Gasteiger partial charge on any atom is -0.462 e. The number of nitrogens with two attached hydrogens (primary N) is 1. The number of H-pyrrole nitrogens is 1. The Morgan fingerprint density at radius 2 is 1.79 bits per heavy atom. The van der Waals surface area contributed by atoms with E-state index in [4.69, 9.17) is 14.6 Å². The van der Waals surface area contributed by atoms with Crippen molar-refractivity contribution in [2.24, 2.45) is 5.14 Å². The normalized spacial score (nSPS) is 12.2. The number of aromatic nitrogens is 4. The second-order valence-corrected chi connectivity index (χ2v) is 12.6. The fourth-order valence-corrected chi connectivity index (χ4v) is 6.20. The number of thioether (sulfide) groups is 1. The van der Waals surface area contributed by atoms with Crippen LogP contribution in [0.25, 0.3) is 16.7 Å². The van der Waals surface area contributed by atoms with Gasteiger partial charge in [-0.2, -0.15) is 5.10 Å². The van der Waals surface area contributed by atoms with Gasteiger partial charge in [0.15, 0.2) is 10.8 Å². The smallest absolute Gasteiger partial charge is 0.348 e. The topological polar surface area (TPSA) is 205 Å². The minimum atomic E-state index is -3.90. The zero-order valence-electron chi connectivity index (χ0n) is 22.8. The molecular weight excluding hydrogens is 609 g/mol. The number of carbonyl (C=O) groups excluding carboxylic acids is 3. The Balaban J connectivity index is 1.60. The number of rotatable bonds is 10. The molecule has 17 heteroatoms.